The highest BCUT2D eigenvalue weighted by molar-refractivity contribution is 5.96. The van der Waals surface area contributed by atoms with Crippen LogP contribution < -0.4 is 5.32 Å². The molecule has 1 amide bonds. The molecule has 0 aliphatic heterocycles. The number of carbonyl (C=O) groups is 1. The Morgan fingerprint density at radius 3 is 2.26 bits per heavy atom. The molecule has 0 radical (unpaired) electrons. The van der Waals surface area contributed by atoms with E-state index in [1.165, 1.54) is 0 Å². The Morgan fingerprint density at radius 2 is 1.56 bits per heavy atom. The largest absolute Gasteiger partial charge is 0.494 e. The lowest BCUT2D eigenvalue weighted by Gasteiger charge is -2.05. The van der Waals surface area contributed by atoms with E-state index in [0.29, 0.717) is 13.0 Å². The van der Waals surface area contributed by atoms with Crippen LogP contribution in [0.3, 0.4) is 0 Å². The van der Waals surface area contributed by atoms with Gasteiger partial charge in [-0.05, 0) is 29.3 Å². The number of nitrogens with one attached hydrogen (secondary N) is 1. The van der Waals surface area contributed by atoms with Gasteiger partial charge in [-0.3, -0.25) is 4.79 Å². The maximum atomic E-state index is 12.3. The van der Waals surface area contributed by atoms with Gasteiger partial charge in [-0.2, -0.15) is 0 Å². The molecule has 0 unspecified atom stereocenters. The van der Waals surface area contributed by atoms with Gasteiger partial charge < -0.3 is 15.0 Å². The van der Waals surface area contributed by atoms with Crippen LogP contribution in [0.15, 0.2) is 85.1 Å². The summed E-state index contributed by atoms with van der Waals surface area (Å²) in [6, 6.07) is 25.2. The minimum atomic E-state index is -0.0616. The Labute approximate surface area is 157 Å². The zero-order chi connectivity index (χ0) is 18.6. The Morgan fingerprint density at radius 1 is 0.889 bits per heavy atom. The number of anilines is 1. The van der Waals surface area contributed by atoms with Gasteiger partial charge >= 0.3 is 0 Å². The first-order valence-electron chi connectivity index (χ1n) is 8.88. The van der Waals surface area contributed by atoms with Crippen LogP contribution in [-0.2, 0) is 17.8 Å². The molecule has 4 nitrogen and oxygen atoms in total. The van der Waals surface area contributed by atoms with Crippen molar-refractivity contribution in [3.63, 3.8) is 0 Å². The van der Waals surface area contributed by atoms with Crippen molar-refractivity contribution in [3.8, 4) is 5.88 Å². The van der Waals surface area contributed by atoms with Crippen LogP contribution in [0.25, 0.3) is 10.8 Å². The van der Waals surface area contributed by atoms with Crippen LogP contribution in [-0.4, -0.2) is 15.6 Å². The van der Waals surface area contributed by atoms with Gasteiger partial charge in [0.15, 0.2) is 5.88 Å². The fourth-order valence-corrected chi connectivity index (χ4v) is 3.22. The normalized spacial score (nSPS) is 10.8. The third-order valence-electron chi connectivity index (χ3n) is 4.55. The van der Waals surface area contributed by atoms with Crippen LogP contribution >= 0.6 is 0 Å². The van der Waals surface area contributed by atoms with Gasteiger partial charge in [0.1, 0.15) is 0 Å². The first-order valence-corrected chi connectivity index (χ1v) is 8.88. The zero-order valence-corrected chi connectivity index (χ0v) is 14.8. The summed E-state index contributed by atoms with van der Waals surface area (Å²) in [6.45, 7) is 0.594. The van der Waals surface area contributed by atoms with Crippen molar-refractivity contribution in [1.29, 1.82) is 0 Å². The maximum absolute atomic E-state index is 12.3. The van der Waals surface area contributed by atoms with Gasteiger partial charge in [-0.15, -0.1) is 0 Å². The van der Waals surface area contributed by atoms with E-state index >= 15 is 0 Å². The average Bonchev–Trinajstić information content (AvgIpc) is 2.98. The molecule has 0 atom stereocenters. The van der Waals surface area contributed by atoms with E-state index in [2.05, 4.69) is 5.32 Å². The third kappa shape index (κ3) is 3.85. The second-order valence-corrected chi connectivity index (χ2v) is 6.58. The monoisotopic (exact) mass is 356 g/mol. The number of nitrogens with zero attached hydrogens (tertiary/aromatic N) is 1. The van der Waals surface area contributed by atoms with E-state index in [1.807, 2.05) is 89.6 Å². The molecule has 0 fully saturated rings. The zero-order valence-electron chi connectivity index (χ0n) is 14.8. The smallest absolute Gasteiger partial charge is 0.228 e. The van der Waals surface area contributed by atoms with Crippen LogP contribution in [0.4, 0.5) is 5.69 Å². The number of hydrogen-bond acceptors (Lipinski definition) is 2. The summed E-state index contributed by atoms with van der Waals surface area (Å²) in [5.41, 5.74) is 2.81. The molecule has 2 N–H and O–H groups in total. The molecule has 3 aromatic carbocycles. The fourth-order valence-electron chi connectivity index (χ4n) is 3.22. The van der Waals surface area contributed by atoms with Crippen molar-refractivity contribution in [1.82, 2.24) is 4.57 Å². The summed E-state index contributed by atoms with van der Waals surface area (Å²) in [7, 11) is 0. The number of fused-ring (bicyclic) bond motifs is 1. The third-order valence-corrected chi connectivity index (χ3v) is 4.55. The Hall–Kier alpha value is -3.53. The van der Waals surface area contributed by atoms with Crippen molar-refractivity contribution >= 4 is 22.4 Å². The molecule has 0 aliphatic carbocycles. The lowest BCUT2D eigenvalue weighted by atomic mass is 10.1. The fraction of sp³-hybridized carbons (Fsp3) is 0.0870. The Kier molecular flexibility index (Phi) is 4.62. The van der Waals surface area contributed by atoms with Gasteiger partial charge in [0.2, 0.25) is 5.91 Å². The number of hydrogen-bond donors (Lipinski definition) is 2. The van der Waals surface area contributed by atoms with Crippen molar-refractivity contribution in [2.24, 2.45) is 0 Å². The van der Waals surface area contributed by atoms with Gasteiger partial charge in [0, 0.05) is 22.7 Å². The molecule has 4 heteroatoms. The molecule has 0 spiro atoms. The Bertz CT molecular complexity index is 1070. The highest BCUT2D eigenvalue weighted by atomic mass is 16.3. The van der Waals surface area contributed by atoms with E-state index in [1.54, 1.807) is 0 Å². The lowest BCUT2D eigenvalue weighted by Crippen LogP contribution is -2.14. The molecular weight excluding hydrogens is 336 g/mol. The molecular formula is C23H20N2O2. The number of amides is 1. The van der Waals surface area contributed by atoms with E-state index in [9.17, 15) is 9.90 Å². The van der Waals surface area contributed by atoms with Crippen LogP contribution in [0.1, 0.15) is 11.1 Å². The molecule has 1 aromatic heterocycles. The summed E-state index contributed by atoms with van der Waals surface area (Å²) in [5, 5.41) is 15.1. The van der Waals surface area contributed by atoms with E-state index in [-0.39, 0.29) is 11.8 Å². The molecule has 0 saturated heterocycles. The quantitative estimate of drug-likeness (QED) is 0.550. The highest BCUT2D eigenvalue weighted by Crippen LogP contribution is 2.30. The van der Waals surface area contributed by atoms with Crippen molar-refractivity contribution in [2.45, 2.75) is 13.0 Å². The second-order valence-electron chi connectivity index (χ2n) is 6.58. The molecule has 0 bridgehead atoms. The molecule has 4 aromatic rings. The standard InChI is InChI=1S/C23H20N2O2/c26-22(13-17-7-3-1-4-8-17)24-20-11-12-21-19(14-20)16-25(23(21)27)15-18-9-5-2-6-10-18/h1-12,14,16,27H,13,15H2,(H,24,26). The van der Waals surface area contributed by atoms with Crippen LogP contribution in [0.2, 0.25) is 0 Å². The van der Waals surface area contributed by atoms with Gasteiger partial charge in [0.25, 0.3) is 0 Å². The number of aromatic nitrogens is 1. The minimum Gasteiger partial charge on any atom is -0.494 e. The summed E-state index contributed by atoms with van der Waals surface area (Å²) in [6.07, 6.45) is 2.24. The van der Waals surface area contributed by atoms with E-state index in [4.69, 9.17) is 0 Å². The topological polar surface area (TPSA) is 54.3 Å². The molecule has 0 saturated carbocycles. The van der Waals surface area contributed by atoms with Crippen molar-refractivity contribution in [2.75, 3.05) is 5.32 Å². The SMILES string of the molecule is O=C(Cc1ccccc1)Nc1ccc2c(O)n(Cc3ccccc3)cc2c1. The lowest BCUT2D eigenvalue weighted by molar-refractivity contribution is -0.115. The summed E-state index contributed by atoms with van der Waals surface area (Å²) in [4.78, 5) is 12.3. The van der Waals surface area contributed by atoms with Gasteiger partial charge in [-0.25, -0.2) is 0 Å². The van der Waals surface area contributed by atoms with Crippen molar-refractivity contribution in [3.05, 3.63) is 96.2 Å². The van der Waals surface area contributed by atoms with E-state index < -0.39 is 0 Å². The number of carbonyl (C=O) groups excluding carboxylic acids is 1. The van der Waals surface area contributed by atoms with Crippen LogP contribution in [0.5, 0.6) is 5.88 Å². The number of benzene rings is 3. The maximum Gasteiger partial charge on any atom is 0.228 e. The average molecular weight is 356 g/mol. The van der Waals surface area contributed by atoms with E-state index in [0.717, 1.165) is 27.6 Å². The molecule has 0 aliphatic rings. The highest BCUT2D eigenvalue weighted by Gasteiger charge is 2.10. The number of rotatable bonds is 5. The molecule has 27 heavy (non-hydrogen) atoms. The summed E-state index contributed by atoms with van der Waals surface area (Å²) < 4.78 is 1.82. The predicted molar refractivity (Wildman–Crippen MR) is 108 cm³/mol. The summed E-state index contributed by atoms with van der Waals surface area (Å²) in [5.74, 6) is 0.171. The first-order chi connectivity index (χ1) is 13.2. The molecule has 134 valence electrons. The predicted octanol–water partition coefficient (Wildman–Crippen LogP) is 4.58. The minimum absolute atomic E-state index is 0.0616. The van der Waals surface area contributed by atoms with Gasteiger partial charge in [0.05, 0.1) is 13.0 Å². The van der Waals surface area contributed by atoms with Gasteiger partial charge in [-0.1, -0.05) is 60.7 Å². The molecule has 4 rings (SSSR count). The van der Waals surface area contributed by atoms with Crippen LogP contribution in [0, 0.1) is 0 Å². The van der Waals surface area contributed by atoms with Crippen molar-refractivity contribution < 1.29 is 9.90 Å². The summed E-state index contributed by atoms with van der Waals surface area (Å²) >= 11 is 0. The first kappa shape index (κ1) is 16.9. The molecule has 1 heterocycles. The Balaban J connectivity index is 1.53. The second kappa shape index (κ2) is 7.38. The number of aromatic hydroxyl groups is 1.